The average Bonchev–Trinajstić information content (AvgIpc) is 3.16. The van der Waals surface area contributed by atoms with E-state index in [1.54, 1.807) is 19.1 Å². The molecule has 3 rings (SSSR count). The molecule has 0 aromatic carbocycles. The molecule has 0 fully saturated rings. The largest absolute Gasteiger partial charge is 0.454 e. The van der Waals surface area contributed by atoms with Gasteiger partial charge in [0.1, 0.15) is 5.76 Å². The van der Waals surface area contributed by atoms with E-state index in [1.165, 1.54) is 11.3 Å². The molecule has 7 heteroatoms. The minimum atomic E-state index is -0.561. The zero-order valence-electron chi connectivity index (χ0n) is 10.5. The van der Waals surface area contributed by atoms with Gasteiger partial charge in [-0.25, -0.2) is 4.79 Å². The van der Waals surface area contributed by atoms with Crippen LogP contribution in [-0.2, 0) is 11.3 Å². The summed E-state index contributed by atoms with van der Waals surface area (Å²) in [6.45, 7) is 1.67. The van der Waals surface area contributed by atoms with Crippen molar-refractivity contribution in [3.05, 3.63) is 47.1 Å². The van der Waals surface area contributed by atoms with Crippen molar-refractivity contribution in [2.24, 2.45) is 0 Å². The molecule has 0 bridgehead atoms. The van der Waals surface area contributed by atoms with Crippen molar-refractivity contribution in [1.82, 2.24) is 10.2 Å². The van der Waals surface area contributed by atoms with E-state index in [4.69, 9.17) is 13.6 Å². The maximum Gasteiger partial charge on any atom is 0.374 e. The topological polar surface area (TPSA) is 78.4 Å². The lowest BCUT2D eigenvalue weighted by Gasteiger charge is -1.98. The van der Waals surface area contributed by atoms with Crippen molar-refractivity contribution >= 4 is 17.3 Å². The first-order valence-electron chi connectivity index (χ1n) is 5.82. The Labute approximate surface area is 118 Å². The molecule has 3 aromatic rings. The summed E-state index contributed by atoms with van der Waals surface area (Å²) >= 11 is 1.49. The second kappa shape index (κ2) is 5.30. The Hall–Kier alpha value is -2.41. The van der Waals surface area contributed by atoms with Crippen LogP contribution < -0.4 is 0 Å². The highest BCUT2D eigenvalue weighted by atomic mass is 32.1. The van der Waals surface area contributed by atoms with Crippen LogP contribution >= 0.6 is 11.3 Å². The molecular weight excluding hydrogens is 280 g/mol. The van der Waals surface area contributed by atoms with Crippen LogP contribution in [0.3, 0.4) is 0 Å². The van der Waals surface area contributed by atoms with E-state index in [0.717, 1.165) is 4.88 Å². The number of aryl methyl sites for hydroxylation is 1. The predicted octanol–water partition coefficient (Wildman–Crippen LogP) is 3.06. The third kappa shape index (κ3) is 2.62. The maximum atomic E-state index is 11.7. The number of hydrogen-bond acceptors (Lipinski definition) is 7. The number of ether oxygens (including phenoxy) is 1. The number of rotatable bonds is 4. The van der Waals surface area contributed by atoms with Gasteiger partial charge >= 0.3 is 5.97 Å². The van der Waals surface area contributed by atoms with Crippen LogP contribution in [0.2, 0.25) is 0 Å². The zero-order chi connectivity index (χ0) is 13.9. The summed E-state index contributed by atoms with van der Waals surface area (Å²) in [5.74, 6) is 0.897. The molecule has 0 unspecified atom stereocenters. The van der Waals surface area contributed by atoms with Gasteiger partial charge in [-0.3, -0.25) is 0 Å². The second-order valence-electron chi connectivity index (χ2n) is 3.96. The molecule has 0 aliphatic heterocycles. The van der Waals surface area contributed by atoms with Crippen LogP contribution in [0, 0.1) is 6.92 Å². The molecule has 0 atom stereocenters. The number of nitrogens with zero attached hydrogens (tertiary/aromatic N) is 2. The third-order valence-electron chi connectivity index (χ3n) is 2.47. The number of furan rings is 1. The molecule has 3 heterocycles. The second-order valence-corrected chi connectivity index (χ2v) is 4.91. The average molecular weight is 290 g/mol. The Morgan fingerprint density at radius 2 is 2.20 bits per heavy atom. The van der Waals surface area contributed by atoms with Gasteiger partial charge in [0.05, 0.1) is 4.88 Å². The monoisotopic (exact) mass is 290 g/mol. The molecule has 6 nitrogen and oxygen atoms in total. The highest BCUT2D eigenvalue weighted by Crippen LogP contribution is 2.23. The molecule has 0 saturated heterocycles. The van der Waals surface area contributed by atoms with Gasteiger partial charge in [0.2, 0.25) is 5.76 Å². The first-order valence-corrected chi connectivity index (χ1v) is 6.70. The predicted molar refractivity (Wildman–Crippen MR) is 70.2 cm³/mol. The molecule has 0 aliphatic carbocycles. The summed E-state index contributed by atoms with van der Waals surface area (Å²) in [5.41, 5.74) is 0. The number of carbonyl (C=O) groups is 1. The number of esters is 1. The molecule has 102 valence electrons. The van der Waals surface area contributed by atoms with Crippen molar-refractivity contribution < 1.29 is 18.4 Å². The highest BCUT2D eigenvalue weighted by molar-refractivity contribution is 7.13. The normalized spacial score (nSPS) is 10.7. The van der Waals surface area contributed by atoms with Crippen LogP contribution in [0.4, 0.5) is 0 Å². The molecule has 0 aliphatic rings. The van der Waals surface area contributed by atoms with Gasteiger partial charge in [0.25, 0.3) is 11.8 Å². The van der Waals surface area contributed by atoms with Crippen molar-refractivity contribution in [3.63, 3.8) is 0 Å². The van der Waals surface area contributed by atoms with Gasteiger partial charge in [-0.05, 0) is 30.5 Å². The van der Waals surface area contributed by atoms with Crippen LogP contribution in [-0.4, -0.2) is 16.2 Å². The van der Waals surface area contributed by atoms with E-state index in [2.05, 4.69) is 10.2 Å². The molecular formula is C13H10N2O4S. The lowest BCUT2D eigenvalue weighted by atomic mass is 10.4. The van der Waals surface area contributed by atoms with Crippen LogP contribution in [0.1, 0.15) is 22.2 Å². The first-order chi connectivity index (χ1) is 9.72. The molecule has 20 heavy (non-hydrogen) atoms. The Balaban J connectivity index is 1.63. The summed E-state index contributed by atoms with van der Waals surface area (Å²) in [6, 6.07) is 7.02. The van der Waals surface area contributed by atoms with Gasteiger partial charge < -0.3 is 13.6 Å². The summed E-state index contributed by atoms with van der Waals surface area (Å²) in [6.07, 6.45) is 0. The fourth-order valence-corrected chi connectivity index (χ4v) is 2.20. The van der Waals surface area contributed by atoms with Crippen LogP contribution in [0.5, 0.6) is 0 Å². The van der Waals surface area contributed by atoms with Gasteiger partial charge in [-0.15, -0.1) is 21.5 Å². The quantitative estimate of drug-likeness (QED) is 0.687. The molecule has 0 N–H and O–H groups in total. The van der Waals surface area contributed by atoms with E-state index in [9.17, 15) is 4.79 Å². The molecule has 3 aromatic heterocycles. The molecule has 0 radical (unpaired) electrons. The summed E-state index contributed by atoms with van der Waals surface area (Å²) in [4.78, 5) is 12.5. The molecule has 0 spiro atoms. The van der Waals surface area contributed by atoms with Gasteiger partial charge in [0, 0.05) is 0 Å². The standard InChI is InChI=1S/C13H10N2O4S/c1-8-4-5-9(18-8)13(16)17-7-11-14-15-12(19-11)10-3-2-6-20-10/h2-6H,7H2,1H3. The van der Waals surface area contributed by atoms with Gasteiger partial charge in [-0.1, -0.05) is 6.07 Å². The molecule has 0 amide bonds. The fourth-order valence-electron chi connectivity index (χ4n) is 1.55. The van der Waals surface area contributed by atoms with E-state index in [0.29, 0.717) is 11.7 Å². The van der Waals surface area contributed by atoms with Crippen LogP contribution in [0.25, 0.3) is 10.8 Å². The fraction of sp³-hybridized carbons (Fsp3) is 0.154. The third-order valence-corrected chi connectivity index (χ3v) is 3.32. The lowest BCUT2D eigenvalue weighted by molar-refractivity contribution is 0.0401. The van der Waals surface area contributed by atoms with Crippen LogP contribution in [0.15, 0.2) is 38.5 Å². The smallest absolute Gasteiger partial charge is 0.374 e. The number of carbonyl (C=O) groups excluding carboxylic acids is 1. The summed E-state index contributed by atoms with van der Waals surface area (Å²) < 4.78 is 15.6. The Morgan fingerprint density at radius 1 is 1.30 bits per heavy atom. The number of thiophene rings is 1. The number of hydrogen-bond donors (Lipinski definition) is 0. The zero-order valence-corrected chi connectivity index (χ0v) is 11.3. The van der Waals surface area contributed by atoms with E-state index in [-0.39, 0.29) is 18.3 Å². The Morgan fingerprint density at radius 3 is 2.90 bits per heavy atom. The van der Waals surface area contributed by atoms with Crippen molar-refractivity contribution in [3.8, 4) is 10.8 Å². The van der Waals surface area contributed by atoms with Crippen molar-refractivity contribution in [2.45, 2.75) is 13.5 Å². The highest BCUT2D eigenvalue weighted by Gasteiger charge is 2.15. The minimum absolute atomic E-state index is 0.0864. The molecule has 0 saturated carbocycles. The minimum Gasteiger partial charge on any atom is -0.454 e. The van der Waals surface area contributed by atoms with E-state index < -0.39 is 5.97 Å². The SMILES string of the molecule is Cc1ccc(C(=O)OCc2nnc(-c3cccs3)o2)o1. The number of aromatic nitrogens is 2. The van der Waals surface area contributed by atoms with Crippen molar-refractivity contribution in [2.75, 3.05) is 0 Å². The maximum absolute atomic E-state index is 11.7. The van der Waals surface area contributed by atoms with Crippen molar-refractivity contribution in [1.29, 1.82) is 0 Å². The summed E-state index contributed by atoms with van der Waals surface area (Å²) in [5, 5.41) is 9.63. The first kappa shape index (κ1) is 12.6. The van der Waals surface area contributed by atoms with Gasteiger partial charge in [-0.2, -0.15) is 0 Å². The van der Waals surface area contributed by atoms with E-state index in [1.807, 2.05) is 17.5 Å². The van der Waals surface area contributed by atoms with Gasteiger partial charge in [0.15, 0.2) is 6.61 Å². The summed E-state index contributed by atoms with van der Waals surface area (Å²) in [7, 11) is 0. The Kier molecular flexibility index (Phi) is 3.34. The van der Waals surface area contributed by atoms with E-state index >= 15 is 0 Å². The lowest BCUT2D eigenvalue weighted by Crippen LogP contribution is -2.04. The Bertz CT molecular complexity index is 714.